The number of aromatic nitrogens is 2. The molecule has 1 aliphatic heterocycles. The van der Waals surface area contributed by atoms with Gasteiger partial charge >= 0.3 is 6.18 Å². The second-order valence-corrected chi connectivity index (χ2v) is 7.18. The van der Waals surface area contributed by atoms with E-state index in [0.717, 1.165) is 56.5 Å². The highest BCUT2D eigenvalue weighted by Crippen LogP contribution is 2.34. The largest absolute Gasteiger partial charge is 0.481 e. The zero-order valence-electron chi connectivity index (χ0n) is 17.4. The van der Waals surface area contributed by atoms with Gasteiger partial charge in [-0.3, -0.25) is 4.79 Å². The number of aliphatic carboxylic acids is 1. The highest BCUT2D eigenvalue weighted by atomic mass is 19.4. The normalized spacial score (nSPS) is 14.4. The van der Waals surface area contributed by atoms with Crippen molar-refractivity contribution < 1.29 is 32.5 Å². The minimum absolute atomic E-state index is 0.139. The molecule has 2 aromatic carbocycles. The summed E-state index contributed by atoms with van der Waals surface area (Å²) < 4.78 is 51.9. The second-order valence-electron chi connectivity index (χ2n) is 7.18. The van der Waals surface area contributed by atoms with Crippen LogP contribution in [0.4, 0.5) is 13.2 Å². The summed E-state index contributed by atoms with van der Waals surface area (Å²) in [5.41, 5.74) is 0.109. The van der Waals surface area contributed by atoms with E-state index in [1.165, 1.54) is 12.1 Å². The van der Waals surface area contributed by atoms with Crippen LogP contribution in [0.2, 0.25) is 0 Å². The van der Waals surface area contributed by atoms with Gasteiger partial charge in [-0.2, -0.15) is 13.2 Å². The third kappa shape index (κ3) is 6.34. The van der Waals surface area contributed by atoms with Gasteiger partial charge < -0.3 is 19.1 Å². The molecule has 0 bridgehead atoms. The summed E-state index contributed by atoms with van der Waals surface area (Å²) in [5, 5.41) is 7.42. The zero-order chi connectivity index (χ0) is 23.1. The van der Waals surface area contributed by atoms with Crippen LogP contribution in [0, 0.1) is 0 Å². The van der Waals surface area contributed by atoms with E-state index in [9.17, 15) is 13.2 Å². The molecule has 1 aromatic heterocycles. The van der Waals surface area contributed by atoms with Gasteiger partial charge in [0.25, 0.3) is 5.97 Å². The number of rotatable bonds is 4. The average Bonchev–Trinajstić information content (AvgIpc) is 3.24. The van der Waals surface area contributed by atoms with Crippen LogP contribution in [0.15, 0.2) is 60.9 Å². The third-order valence-corrected chi connectivity index (χ3v) is 4.74. The molecular formula is C23H23F3N2O4. The number of ether oxygens (including phenoxy) is 2. The van der Waals surface area contributed by atoms with E-state index >= 15 is 0 Å². The van der Waals surface area contributed by atoms with E-state index in [-0.39, 0.29) is 5.75 Å². The Labute approximate surface area is 183 Å². The Morgan fingerprint density at radius 1 is 1.12 bits per heavy atom. The lowest BCUT2D eigenvalue weighted by Gasteiger charge is -2.25. The number of hydrogen-bond donors (Lipinski definition) is 1. The van der Waals surface area contributed by atoms with E-state index in [1.807, 2.05) is 12.3 Å². The molecule has 0 amide bonds. The Morgan fingerprint density at radius 2 is 1.75 bits per heavy atom. The predicted molar refractivity (Wildman–Crippen MR) is 112 cm³/mol. The number of imidazole rings is 1. The maximum atomic E-state index is 12.9. The van der Waals surface area contributed by atoms with Gasteiger partial charge in [-0.1, -0.05) is 18.2 Å². The summed E-state index contributed by atoms with van der Waals surface area (Å²) in [4.78, 5) is 13.5. The Morgan fingerprint density at radius 3 is 2.41 bits per heavy atom. The summed E-state index contributed by atoms with van der Waals surface area (Å²) >= 11 is 0. The summed E-state index contributed by atoms with van der Waals surface area (Å²) in [6.07, 6.45) is 1.14. The Balaban J connectivity index is 0.000000668. The van der Waals surface area contributed by atoms with E-state index < -0.39 is 17.7 Å². The highest BCUT2D eigenvalue weighted by molar-refractivity contribution is 5.63. The van der Waals surface area contributed by atoms with Crippen LogP contribution >= 0.6 is 0 Å². The fourth-order valence-corrected chi connectivity index (χ4v) is 3.37. The predicted octanol–water partition coefficient (Wildman–Crippen LogP) is 5.80. The monoisotopic (exact) mass is 448 g/mol. The van der Waals surface area contributed by atoms with Gasteiger partial charge in [-0.25, -0.2) is 4.98 Å². The van der Waals surface area contributed by atoms with Gasteiger partial charge in [-0.05, 0) is 43.2 Å². The molecule has 0 radical (unpaired) electrons. The van der Waals surface area contributed by atoms with Crippen LogP contribution in [0.1, 0.15) is 31.4 Å². The molecular weight excluding hydrogens is 425 g/mol. The van der Waals surface area contributed by atoms with Crippen molar-refractivity contribution in [1.29, 1.82) is 0 Å². The summed E-state index contributed by atoms with van der Waals surface area (Å²) in [6.45, 7) is 2.53. The van der Waals surface area contributed by atoms with Crippen molar-refractivity contribution in [2.24, 2.45) is 0 Å². The SMILES string of the molecule is CC(=O)O.FC(F)(F)c1cccc(Oc2cccc(-c3nccn3C3CCOCC3)c2)c1. The molecule has 2 heterocycles. The number of carboxylic acids is 1. The lowest BCUT2D eigenvalue weighted by atomic mass is 10.1. The fraction of sp³-hybridized carbons (Fsp3) is 0.304. The van der Waals surface area contributed by atoms with E-state index in [1.54, 1.807) is 24.4 Å². The van der Waals surface area contributed by atoms with Crippen LogP contribution in [0.5, 0.6) is 11.5 Å². The molecule has 0 atom stereocenters. The molecule has 3 aromatic rings. The van der Waals surface area contributed by atoms with Crippen molar-refractivity contribution in [3.63, 3.8) is 0 Å². The minimum atomic E-state index is -4.41. The van der Waals surface area contributed by atoms with Crippen molar-refractivity contribution in [1.82, 2.24) is 9.55 Å². The first-order valence-corrected chi connectivity index (χ1v) is 9.99. The van der Waals surface area contributed by atoms with Crippen molar-refractivity contribution in [2.75, 3.05) is 13.2 Å². The Kier molecular flexibility index (Phi) is 7.53. The second kappa shape index (κ2) is 10.3. The average molecular weight is 448 g/mol. The van der Waals surface area contributed by atoms with Crippen LogP contribution in [-0.4, -0.2) is 33.8 Å². The summed E-state index contributed by atoms with van der Waals surface area (Å²) in [7, 11) is 0. The van der Waals surface area contributed by atoms with Gasteiger partial charge in [-0.15, -0.1) is 0 Å². The quantitative estimate of drug-likeness (QED) is 0.546. The molecule has 170 valence electrons. The van der Waals surface area contributed by atoms with Crippen LogP contribution in [-0.2, 0) is 15.7 Å². The van der Waals surface area contributed by atoms with Crippen LogP contribution < -0.4 is 4.74 Å². The fourth-order valence-electron chi connectivity index (χ4n) is 3.37. The molecule has 1 aliphatic rings. The van der Waals surface area contributed by atoms with E-state index in [0.29, 0.717) is 11.8 Å². The minimum Gasteiger partial charge on any atom is -0.481 e. The molecule has 1 fully saturated rings. The lowest BCUT2D eigenvalue weighted by Crippen LogP contribution is -2.19. The number of halogens is 3. The summed E-state index contributed by atoms with van der Waals surface area (Å²) in [6, 6.07) is 12.4. The number of carbonyl (C=O) groups is 1. The van der Waals surface area contributed by atoms with Crippen molar-refractivity contribution in [3.05, 3.63) is 66.5 Å². The number of nitrogens with zero attached hydrogens (tertiary/aromatic N) is 2. The van der Waals surface area contributed by atoms with Crippen LogP contribution in [0.25, 0.3) is 11.4 Å². The first-order valence-electron chi connectivity index (χ1n) is 9.99. The maximum absolute atomic E-state index is 12.9. The third-order valence-electron chi connectivity index (χ3n) is 4.74. The molecule has 6 nitrogen and oxygen atoms in total. The lowest BCUT2D eigenvalue weighted by molar-refractivity contribution is -0.137. The zero-order valence-corrected chi connectivity index (χ0v) is 17.4. The number of carboxylic acid groups (broad SMARTS) is 1. The van der Waals surface area contributed by atoms with Gasteiger partial charge in [0.2, 0.25) is 0 Å². The summed E-state index contributed by atoms with van der Waals surface area (Å²) in [5.74, 6) is 0.569. The molecule has 32 heavy (non-hydrogen) atoms. The highest BCUT2D eigenvalue weighted by Gasteiger charge is 2.30. The molecule has 9 heteroatoms. The van der Waals surface area contributed by atoms with Crippen LogP contribution in [0.3, 0.4) is 0 Å². The molecule has 0 spiro atoms. The molecule has 1 saturated heterocycles. The van der Waals surface area contributed by atoms with Crippen molar-refractivity contribution in [3.8, 4) is 22.9 Å². The van der Waals surface area contributed by atoms with E-state index in [4.69, 9.17) is 19.4 Å². The van der Waals surface area contributed by atoms with Crippen molar-refractivity contribution in [2.45, 2.75) is 32.0 Å². The Hall–Kier alpha value is -3.33. The van der Waals surface area contributed by atoms with Gasteiger partial charge in [0.15, 0.2) is 0 Å². The van der Waals surface area contributed by atoms with E-state index in [2.05, 4.69) is 9.55 Å². The number of hydrogen-bond acceptors (Lipinski definition) is 4. The molecule has 1 N–H and O–H groups in total. The molecule has 4 rings (SSSR count). The van der Waals surface area contributed by atoms with Gasteiger partial charge in [0.05, 0.1) is 5.56 Å². The number of benzene rings is 2. The molecule has 0 aliphatic carbocycles. The smallest absolute Gasteiger partial charge is 0.416 e. The Bertz CT molecular complexity index is 1040. The first kappa shape index (κ1) is 23.3. The first-order chi connectivity index (χ1) is 15.2. The molecule has 0 saturated carbocycles. The van der Waals surface area contributed by atoms with Crippen molar-refractivity contribution >= 4 is 5.97 Å². The standard InChI is InChI=1S/C21H19F3N2O2.C2H4O2/c22-21(23,24)16-4-2-6-19(14-16)28-18-5-1-3-15(13-18)20-25-9-10-26(20)17-7-11-27-12-8-17;1-2(3)4/h1-6,9-10,13-14,17H,7-8,11-12H2;1H3,(H,3,4). The molecule has 0 unspecified atom stereocenters. The topological polar surface area (TPSA) is 73.6 Å². The maximum Gasteiger partial charge on any atom is 0.416 e. The number of alkyl halides is 3. The van der Waals surface area contributed by atoms with Gasteiger partial charge in [0.1, 0.15) is 17.3 Å². The van der Waals surface area contributed by atoms with Gasteiger partial charge in [0, 0.05) is 44.1 Å².